The molecule has 0 unspecified atom stereocenters. The lowest BCUT2D eigenvalue weighted by atomic mass is 9.72. The van der Waals surface area contributed by atoms with E-state index in [0.717, 1.165) is 18.4 Å². The van der Waals surface area contributed by atoms with E-state index in [4.69, 9.17) is 4.74 Å². The van der Waals surface area contributed by atoms with Gasteiger partial charge in [-0.15, -0.1) is 0 Å². The Morgan fingerprint density at radius 2 is 1.74 bits per heavy atom. The number of hydrogen-bond donors (Lipinski definition) is 1. The summed E-state index contributed by atoms with van der Waals surface area (Å²) in [5, 5.41) is 10.6. The number of nitrogens with one attached hydrogen (secondary N) is 1. The molecular weight excluding hydrogens is 470 g/mol. The van der Waals surface area contributed by atoms with Gasteiger partial charge in [0.15, 0.2) is 9.84 Å². The average molecular weight is 498 g/mol. The molecule has 2 fully saturated rings. The number of piperidine rings is 1. The number of aromatic nitrogens is 3. The summed E-state index contributed by atoms with van der Waals surface area (Å²) in [6.45, 7) is 4.22. The number of carbonyl (C=O) groups is 2. The van der Waals surface area contributed by atoms with E-state index in [0.29, 0.717) is 48.4 Å². The number of H-pyrrole nitrogens is 1. The SMILES string of the molecule is Cc1ccc(COC(=O)N2CCC3(CC2)CN(C(=O)c2ccc4n[nH]nc4c2)C3)cc1S(C)(=O)=O. The number of nitrogens with zero attached hydrogens (tertiary/aromatic N) is 4. The molecule has 3 heterocycles. The van der Waals surface area contributed by atoms with Crippen LogP contribution in [0, 0.1) is 12.3 Å². The van der Waals surface area contributed by atoms with Crippen LogP contribution in [-0.2, 0) is 21.2 Å². The Kier molecular flexibility index (Phi) is 5.74. The Morgan fingerprint density at radius 3 is 2.46 bits per heavy atom. The highest BCUT2D eigenvalue weighted by molar-refractivity contribution is 7.90. The van der Waals surface area contributed by atoms with Gasteiger partial charge in [-0.3, -0.25) is 4.79 Å². The molecule has 35 heavy (non-hydrogen) atoms. The Hall–Kier alpha value is -3.47. The first-order valence-electron chi connectivity index (χ1n) is 11.4. The van der Waals surface area contributed by atoms with Gasteiger partial charge in [-0.25, -0.2) is 13.2 Å². The fourth-order valence-electron chi connectivity index (χ4n) is 4.91. The van der Waals surface area contributed by atoms with Gasteiger partial charge < -0.3 is 14.5 Å². The number of likely N-dealkylation sites (tertiary alicyclic amines) is 2. The van der Waals surface area contributed by atoms with E-state index in [1.54, 1.807) is 48.2 Å². The molecule has 2 aliphatic rings. The first-order chi connectivity index (χ1) is 16.6. The van der Waals surface area contributed by atoms with Crippen molar-refractivity contribution in [1.29, 1.82) is 0 Å². The second kappa shape index (κ2) is 8.63. The number of fused-ring (bicyclic) bond motifs is 1. The van der Waals surface area contributed by atoms with E-state index in [-0.39, 0.29) is 22.8 Å². The minimum Gasteiger partial charge on any atom is -0.445 e. The van der Waals surface area contributed by atoms with Gasteiger partial charge in [0, 0.05) is 43.4 Å². The maximum atomic E-state index is 12.9. The third-order valence-corrected chi connectivity index (χ3v) is 8.24. The lowest BCUT2D eigenvalue weighted by Crippen LogP contribution is -2.62. The molecule has 1 N–H and O–H groups in total. The smallest absolute Gasteiger partial charge is 0.410 e. The highest BCUT2D eigenvalue weighted by atomic mass is 32.2. The zero-order valence-corrected chi connectivity index (χ0v) is 20.5. The van der Waals surface area contributed by atoms with Gasteiger partial charge in [0.25, 0.3) is 5.91 Å². The number of carbonyl (C=O) groups excluding carboxylic acids is 2. The molecule has 5 rings (SSSR count). The fourth-order valence-corrected chi connectivity index (χ4v) is 5.93. The number of aromatic amines is 1. The molecule has 2 aliphatic heterocycles. The Bertz CT molecular complexity index is 1400. The summed E-state index contributed by atoms with van der Waals surface area (Å²) in [7, 11) is -3.35. The molecule has 11 heteroatoms. The summed E-state index contributed by atoms with van der Waals surface area (Å²) in [5.41, 5.74) is 3.31. The quantitative estimate of drug-likeness (QED) is 0.587. The number of benzene rings is 2. The summed E-state index contributed by atoms with van der Waals surface area (Å²) >= 11 is 0. The number of rotatable bonds is 4. The molecule has 1 aromatic heterocycles. The van der Waals surface area contributed by atoms with Crippen molar-refractivity contribution in [3.63, 3.8) is 0 Å². The molecule has 0 aliphatic carbocycles. The van der Waals surface area contributed by atoms with Crippen LogP contribution in [0.4, 0.5) is 4.79 Å². The second-order valence-electron chi connectivity index (χ2n) is 9.60. The topological polar surface area (TPSA) is 126 Å². The normalized spacial score (nSPS) is 17.4. The van der Waals surface area contributed by atoms with E-state index in [2.05, 4.69) is 15.4 Å². The summed E-state index contributed by atoms with van der Waals surface area (Å²) in [5.74, 6) is -0.0195. The lowest BCUT2D eigenvalue weighted by Gasteiger charge is -2.53. The number of aryl methyl sites for hydroxylation is 1. The van der Waals surface area contributed by atoms with Gasteiger partial charge in [0.2, 0.25) is 0 Å². The van der Waals surface area contributed by atoms with Crippen molar-refractivity contribution in [1.82, 2.24) is 25.2 Å². The van der Waals surface area contributed by atoms with Gasteiger partial charge in [-0.1, -0.05) is 12.1 Å². The average Bonchev–Trinajstić information content (AvgIpc) is 3.28. The zero-order chi connectivity index (χ0) is 24.8. The van der Waals surface area contributed by atoms with E-state index >= 15 is 0 Å². The van der Waals surface area contributed by atoms with Crippen molar-refractivity contribution >= 4 is 32.9 Å². The Balaban J connectivity index is 1.12. The number of sulfone groups is 1. The van der Waals surface area contributed by atoms with Crippen LogP contribution in [0.5, 0.6) is 0 Å². The number of hydrogen-bond acceptors (Lipinski definition) is 7. The second-order valence-corrected chi connectivity index (χ2v) is 11.6. The van der Waals surface area contributed by atoms with Crippen molar-refractivity contribution < 1.29 is 22.7 Å². The van der Waals surface area contributed by atoms with Gasteiger partial charge >= 0.3 is 6.09 Å². The first kappa shape index (κ1) is 23.3. The van der Waals surface area contributed by atoms with Crippen molar-refractivity contribution in [2.45, 2.75) is 31.3 Å². The minimum atomic E-state index is -3.35. The predicted octanol–water partition coefficient (Wildman–Crippen LogP) is 2.54. The minimum absolute atomic E-state index is 0.0153. The van der Waals surface area contributed by atoms with Crippen molar-refractivity contribution in [3.05, 3.63) is 53.1 Å². The number of amides is 2. The van der Waals surface area contributed by atoms with E-state index in [1.165, 1.54) is 6.26 Å². The highest BCUT2D eigenvalue weighted by Crippen LogP contribution is 2.41. The molecule has 184 valence electrons. The van der Waals surface area contributed by atoms with Crippen LogP contribution in [0.1, 0.15) is 34.3 Å². The van der Waals surface area contributed by atoms with Gasteiger partial charge in [0.1, 0.15) is 17.6 Å². The van der Waals surface area contributed by atoms with Gasteiger partial charge in [-0.05, 0) is 55.2 Å². The summed E-state index contributed by atoms with van der Waals surface area (Å²) < 4.78 is 29.3. The van der Waals surface area contributed by atoms with E-state index < -0.39 is 15.9 Å². The largest absolute Gasteiger partial charge is 0.445 e. The monoisotopic (exact) mass is 497 g/mol. The van der Waals surface area contributed by atoms with Crippen molar-refractivity contribution in [3.8, 4) is 0 Å². The van der Waals surface area contributed by atoms with Crippen LogP contribution in [0.15, 0.2) is 41.3 Å². The fraction of sp³-hybridized carbons (Fsp3) is 0.417. The van der Waals surface area contributed by atoms with Crippen LogP contribution in [0.3, 0.4) is 0 Å². The van der Waals surface area contributed by atoms with Crippen LogP contribution in [0.25, 0.3) is 11.0 Å². The number of ether oxygens (including phenoxy) is 1. The van der Waals surface area contributed by atoms with E-state index in [1.807, 2.05) is 4.90 Å². The summed E-state index contributed by atoms with van der Waals surface area (Å²) in [6, 6.07) is 10.3. The van der Waals surface area contributed by atoms with Crippen molar-refractivity contribution in [2.24, 2.45) is 5.41 Å². The molecular formula is C24H27N5O5S. The molecule has 1 spiro atoms. The summed E-state index contributed by atoms with van der Waals surface area (Å²) in [4.78, 5) is 29.2. The molecule has 0 saturated carbocycles. The third kappa shape index (κ3) is 4.60. The lowest BCUT2D eigenvalue weighted by molar-refractivity contribution is -0.0319. The van der Waals surface area contributed by atoms with E-state index in [9.17, 15) is 18.0 Å². The third-order valence-electron chi connectivity index (χ3n) is 7.00. The molecule has 2 amide bonds. The molecule has 3 aromatic rings. The van der Waals surface area contributed by atoms with Crippen LogP contribution in [0.2, 0.25) is 0 Å². The molecule has 10 nitrogen and oxygen atoms in total. The zero-order valence-electron chi connectivity index (χ0n) is 19.7. The van der Waals surface area contributed by atoms with Crippen LogP contribution >= 0.6 is 0 Å². The van der Waals surface area contributed by atoms with Crippen LogP contribution in [-0.4, -0.2) is 78.1 Å². The van der Waals surface area contributed by atoms with Gasteiger partial charge in [0.05, 0.1) is 4.90 Å². The standard InChI is InChI=1S/C24H27N5O5S/c1-16-3-4-17(11-21(16)35(2,32)33)13-34-23(31)28-9-7-24(8-10-28)14-29(15-24)22(30)18-5-6-19-20(12-18)26-27-25-19/h3-6,11-12H,7-10,13-15H2,1-2H3,(H,25,26,27). The van der Waals surface area contributed by atoms with Crippen molar-refractivity contribution in [2.75, 3.05) is 32.4 Å². The Morgan fingerprint density at radius 1 is 1.03 bits per heavy atom. The predicted molar refractivity (Wildman–Crippen MR) is 128 cm³/mol. The molecule has 0 atom stereocenters. The Labute approximate surface area is 203 Å². The maximum absolute atomic E-state index is 12.9. The maximum Gasteiger partial charge on any atom is 0.410 e. The van der Waals surface area contributed by atoms with Gasteiger partial charge in [-0.2, -0.15) is 15.4 Å². The molecule has 0 radical (unpaired) electrons. The summed E-state index contributed by atoms with van der Waals surface area (Å²) in [6.07, 6.45) is 2.36. The highest BCUT2D eigenvalue weighted by Gasteiger charge is 2.47. The molecule has 2 aromatic carbocycles. The molecule has 2 saturated heterocycles. The molecule has 0 bridgehead atoms. The van der Waals surface area contributed by atoms with Crippen LogP contribution < -0.4 is 0 Å². The first-order valence-corrected chi connectivity index (χ1v) is 13.3.